The van der Waals surface area contributed by atoms with Crippen LogP contribution in [-0.2, 0) is 16.1 Å². The maximum atomic E-state index is 11.8. The number of aromatic hydroxyl groups is 2. The first-order valence-corrected chi connectivity index (χ1v) is 6.31. The van der Waals surface area contributed by atoms with Gasteiger partial charge in [0.25, 0.3) is 0 Å². The van der Waals surface area contributed by atoms with Crippen molar-refractivity contribution in [1.29, 1.82) is 0 Å². The van der Waals surface area contributed by atoms with Crippen molar-refractivity contribution >= 4 is 5.91 Å². The minimum absolute atomic E-state index is 0.0136. The molecule has 1 fully saturated rings. The molecule has 1 aromatic carbocycles. The zero-order chi connectivity index (χ0) is 13.9. The van der Waals surface area contributed by atoms with Crippen molar-refractivity contribution in [2.24, 2.45) is 5.41 Å². The molecule has 3 N–H and O–H groups in total. The van der Waals surface area contributed by atoms with E-state index in [1.807, 2.05) is 0 Å². The van der Waals surface area contributed by atoms with Crippen LogP contribution in [0.15, 0.2) is 18.2 Å². The molecule has 0 bridgehead atoms. The summed E-state index contributed by atoms with van der Waals surface area (Å²) in [7, 11) is 1.64. The lowest BCUT2D eigenvalue weighted by Crippen LogP contribution is -2.27. The summed E-state index contributed by atoms with van der Waals surface area (Å²) in [5.41, 5.74) is 0.518. The molecule has 0 aromatic heterocycles. The van der Waals surface area contributed by atoms with Gasteiger partial charge in [0.1, 0.15) is 11.5 Å². The van der Waals surface area contributed by atoms with Crippen LogP contribution in [0.25, 0.3) is 0 Å². The van der Waals surface area contributed by atoms with Crippen molar-refractivity contribution in [3.63, 3.8) is 0 Å². The summed E-state index contributed by atoms with van der Waals surface area (Å²) in [6, 6.07) is 4.25. The van der Waals surface area contributed by atoms with Crippen molar-refractivity contribution in [1.82, 2.24) is 5.32 Å². The van der Waals surface area contributed by atoms with Gasteiger partial charge in [-0.1, -0.05) is 0 Å². The second-order valence-corrected chi connectivity index (χ2v) is 5.20. The first-order valence-electron chi connectivity index (χ1n) is 6.31. The van der Waals surface area contributed by atoms with E-state index >= 15 is 0 Å². The molecule has 5 heteroatoms. The summed E-state index contributed by atoms with van der Waals surface area (Å²) in [6.45, 7) is 0.819. The Morgan fingerprint density at radius 2 is 2.16 bits per heavy atom. The third-order valence-corrected chi connectivity index (χ3v) is 3.48. The maximum absolute atomic E-state index is 11.8. The zero-order valence-corrected chi connectivity index (χ0v) is 11.0. The van der Waals surface area contributed by atoms with E-state index in [2.05, 4.69) is 5.32 Å². The lowest BCUT2D eigenvalue weighted by atomic mass is 10.0. The molecule has 1 saturated carbocycles. The van der Waals surface area contributed by atoms with Crippen molar-refractivity contribution < 1.29 is 19.7 Å². The van der Waals surface area contributed by atoms with Crippen molar-refractivity contribution in [2.75, 3.05) is 13.7 Å². The Hall–Kier alpha value is -1.75. The highest BCUT2D eigenvalue weighted by atomic mass is 16.5. The number of phenolic OH excluding ortho intramolecular Hbond substituents is 2. The topological polar surface area (TPSA) is 78.8 Å². The molecule has 5 nitrogen and oxygen atoms in total. The summed E-state index contributed by atoms with van der Waals surface area (Å²) in [6.07, 6.45) is 2.48. The van der Waals surface area contributed by atoms with Crippen molar-refractivity contribution in [2.45, 2.75) is 25.8 Å². The molecule has 0 heterocycles. The largest absolute Gasteiger partial charge is 0.508 e. The minimum Gasteiger partial charge on any atom is -0.508 e. The highest BCUT2D eigenvalue weighted by molar-refractivity contribution is 5.77. The van der Waals surface area contributed by atoms with E-state index in [0.717, 1.165) is 12.8 Å². The molecule has 0 radical (unpaired) electrons. The van der Waals surface area contributed by atoms with E-state index in [-0.39, 0.29) is 29.4 Å². The van der Waals surface area contributed by atoms with E-state index in [9.17, 15) is 15.0 Å². The van der Waals surface area contributed by atoms with Gasteiger partial charge in [0.2, 0.25) is 5.91 Å². The highest BCUT2D eigenvalue weighted by Crippen LogP contribution is 2.48. The first kappa shape index (κ1) is 13.7. The molecule has 19 heavy (non-hydrogen) atoms. The fourth-order valence-electron chi connectivity index (χ4n) is 2.17. The van der Waals surface area contributed by atoms with Gasteiger partial charge in [-0.3, -0.25) is 4.79 Å². The molecule has 1 aliphatic carbocycles. The number of methoxy groups -OCH3 is 1. The van der Waals surface area contributed by atoms with Crippen molar-refractivity contribution in [3.05, 3.63) is 23.8 Å². The third kappa shape index (κ3) is 3.61. The van der Waals surface area contributed by atoms with Crippen molar-refractivity contribution in [3.8, 4) is 11.5 Å². The number of hydrogen-bond acceptors (Lipinski definition) is 4. The number of benzene rings is 1. The number of carbonyl (C=O) groups is 1. The number of phenols is 2. The van der Waals surface area contributed by atoms with Crippen LogP contribution < -0.4 is 5.32 Å². The Morgan fingerprint density at radius 3 is 2.79 bits per heavy atom. The average molecular weight is 265 g/mol. The van der Waals surface area contributed by atoms with Crippen LogP contribution in [0.3, 0.4) is 0 Å². The second-order valence-electron chi connectivity index (χ2n) is 5.20. The lowest BCUT2D eigenvalue weighted by Gasteiger charge is -2.14. The molecule has 1 aliphatic rings. The third-order valence-electron chi connectivity index (χ3n) is 3.48. The zero-order valence-electron chi connectivity index (χ0n) is 11.0. The Morgan fingerprint density at radius 1 is 1.42 bits per heavy atom. The molecular formula is C14H19NO4. The summed E-state index contributed by atoms with van der Waals surface area (Å²) < 4.78 is 5.11. The molecule has 0 aliphatic heterocycles. The standard InChI is InChI=1S/C14H19NO4/c1-19-9-14(4-5-14)7-13(18)15-8-10-6-11(16)2-3-12(10)17/h2-3,6,16-17H,4-5,7-9H2,1H3,(H,15,18). The average Bonchev–Trinajstić information content (AvgIpc) is 3.10. The molecule has 0 unspecified atom stereocenters. The number of ether oxygens (including phenoxy) is 1. The number of hydrogen-bond donors (Lipinski definition) is 3. The molecule has 0 saturated heterocycles. The first-order chi connectivity index (χ1) is 9.04. The van der Waals surface area contributed by atoms with E-state index in [1.54, 1.807) is 7.11 Å². The molecule has 1 amide bonds. The SMILES string of the molecule is COCC1(CC(=O)NCc2cc(O)ccc2O)CC1. The Bertz CT molecular complexity index is 469. The predicted octanol–water partition coefficient (Wildman–Crippen LogP) is 1.53. The summed E-state index contributed by atoms with van der Waals surface area (Å²) in [5.74, 6) is 0.0773. The quantitative estimate of drug-likeness (QED) is 0.682. The fourth-order valence-corrected chi connectivity index (χ4v) is 2.17. The van der Waals surface area contributed by atoms with E-state index in [0.29, 0.717) is 18.6 Å². The minimum atomic E-state index is -0.0581. The van der Waals surface area contributed by atoms with Gasteiger partial charge in [-0.05, 0) is 31.0 Å². The smallest absolute Gasteiger partial charge is 0.220 e. The van der Waals surface area contributed by atoms with Crippen LogP contribution >= 0.6 is 0 Å². The normalized spacial score (nSPS) is 16.1. The fraction of sp³-hybridized carbons (Fsp3) is 0.500. The van der Waals surface area contributed by atoms with Gasteiger partial charge in [0, 0.05) is 31.1 Å². The molecular weight excluding hydrogens is 246 g/mol. The van der Waals surface area contributed by atoms with Gasteiger partial charge in [0.05, 0.1) is 6.61 Å². The number of nitrogens with one attached hydrogen (secondary N) is 1. The molecule has 0 spiro atoms. The van der Waals surface area contributed by atoms with Gasteiger partial charge < -0.3 is 20.3 Å². The van der Waals surface area contributed by atoms with Gasteiger partial charge in [-0.15, -0.1) is 0 Å². The lowest BCUT2D eigenvalue weighted by molar-refractivity contribution is -0.123. The molecule has 1 aromatic rings. The van der Waals surface area contributed by atoms with Crippen LogP contribution in [-0.4, -0.2) is 29.8 Å². The maximum Gasteiger partial charge on any atom is 0.220 e. The highest BCUT2D eigenvalue weighted by Gasteiger charge is 2.44. The number of amides is 1. The predicted molar refractivity (Wildman–Crippen MR) is 69.8 cm³/mol. The van der Waals surface area contributed by atoms with E-state index in [1.165, 1.54) is 18.2 Å². The molecule has 0 atom stereocenters. The van der Waals surface area contributed by atoms with Crippen LogP contribution in [0.5, 0.6) is 11.5 Å². The van der Waals surface area contributed by atoms with Crippen LogP contribution in [0.2, 0.25) is 0 Å². The van der Waals surface area contributed by atoms with Gasteiger partial charge >= 0.3 is 0 Å². The molecule has 2 rings (SSSR count). The van der Waals surface area contributed by atoms with Gasteiger partial charge in [-0.25, -0.2) is 0 Å². The molecule has 104 valence electrons. The van der Waals surface area contributed by atoms with Crippen LogP contribution in [0.4, 0.5) is 0 Å². The Kier molecular flexibility index (Phi) is 3.95. The van der Waals surface area contributed by atoms with Gasteiger partial charge in [0.15, 0.2) is 0 Å². The van der Waals surface area contributed by atoms with Crippen LogP contribution in [0.1, 0.15) is 24.8 Å². The summed E-state index contributed by atoms with van der Waals surface area (Å²) in [5, 5.41) is 21.7. The second kappa shape index (κ2) is 5.48. The monoisotopic (exact) mass is 265 g/mol. The number of rotatable bonds is 6. The van der Waals surface area contributed by atoms with E-state index in [4.69, 9.17) is 4.74 Å². The Balaban J connectivity index is 1.85. The summed E-state index contributed by atoms with van der Waals surface area (Å²) >= 11 is 0. The van der Waals surface area contributed by atoms with Gasteiger partial charge in [-0.2, -0.15) is 0 Å². The Labute approximate surface area is 112 Å². The summed E-state index contributed by atoms with van der Waals surface area (Å²) in [4.78, 5) is 11.8. The number of carbonyl (C=O) groups excluding carboxylic acids is 1. The van der Waals surface area contributed by atoms with E-state index < -0.39 is 0 Å². The van der Waals surface area contributed by atoms with Crippen LogP contribution in [0, 0.1) is 5.41 Å².